The van der Waals surface area contributed by atoms with Crippen LogP contribution in [0.1, 0.15) is 28.4 Å². The number of likely N-dealkylation sites (tertiary alicyclic amines) is 1. The fraction of sp³-hybridized carbons (Fsp3) is 0.316. The molecule has 8 heteroatoms. The van der Waals surface area contributed by atoms with Crippen molar-refractivity contribution in [1.82, 2.24) is 10.2 Å². The van der Waals surface area contributed by atoms with E-state index in [2.05, 4.69) is 5.32 Å². The Balaban J connectivity index is 1.88. The molecular weight excluding hydrogens is 374 g/mol. The van der Waals surface area contributed by atoms with Gasteiger partial charge in [-0.1, -0.05) is 18.2 Å². The van der Waals surface area contributed by atoms with Crippen LogP contribution in [-0.2, 0) is 9.84 Å². The first kappa shape index (κ1) is 19.4. The van der Waals surface area contributed by atoms with Gasteiger partial charge < -0.3 is 5.32 Å². The molecular formula is C19H20F2N2O3S. The van der Waals surface area contributed by atoms with Gasteiger partial charge in [0, 0.05) is 12.8 Å². The van der Waals surface area contributed by atoms with Crippen molar-refractivity contribution in [3.63, 3.8) is 0 Å². The smallest absolute Gasteiger partial charge is 0.252 e. The van der Waals surface area contributed by atoms with Crippen molar-refractivity contribution in [2.24, 2.45) is 0 Å². The first-order chi connectivity index (χ1) is 12.7. The molecule has 2 aromatic rings. The summed E-state index contributed by atoms with van der Waals surface area (Å²) in [7, 11) is -1.73. The zero-order valence-electron chi connectivity index (χ0n) is 14.9. The van der Waals surface area contributed by atoms with E-state index >= 15 is 0 Å². The van der Waals surface area contributed by atoms with E-state index in [0.29, 0.717) is 18.5 Å². The number of hydrogen-bond donors (Lipinski definition) is 1. The molecule has 1 saturated heterocycles. The summed E-state index contributed by atoms with van der Waals surface area (Å²) in [5, 5.41) is 2.86. The minimum Gasteiger partial charge on any atom is -0.347 e. The van der Waals surface area contributed by atoms with E-state index < -0.39 is 27.4 Å². The molecule has 0 radical (unpaired) electrons. The van der Waals surface area contributed by atoms with E-state index in [1.54, 1.807) is 12.1 Å². The molecule has 0 spiro atoms. The molecule has 3 rings (SSSR count). The molecule has 0 aliphatic carbocycles. The highest BCUT2D eigenvalue weighted by atomic mass is 32.2. The highest BCUT2D eigenvalue weighted by Crippen LogP contribution is 2.32. The van der Waals surface area contributed by atoms with Gasteiger partial charge in [0.15, 0.2) is 21.5 Å². The summed E-state index contributed by atoms with van der Waals surface area (Å²) in [5.74, 6) is -2.38. The zero-order valence-corrected chi connectivity index (χ0v) is 15.8. The predicted octanol–water partition coefficient (Wildman–Crippen LogP) is 2.54. The first-order valence-corrected chi connectivity index (χ1v) is 10.3. The summed E-state index contributed by atoms with van der Waals surface area (Å²) in [4.78, 5) is 14.6. The van der Waals surface area contributed by atoms with Gasteiger partial charge in [0.2, 0.25) is 0 Å². The van der Waals surface area contributed by atoms with Crippen LogP contribution >= 0.6 is 0 Å². The number of carbonyl (C=O) groups excluding carboxylic acids is 1. The summed E-state index contributed by atoms with van der Waals surface area (Å²) >= 11 is 0. The van der Waals surface area contributed by atoms with Crippen molar-refractivity contribution >= 4 is 15.7 Å². The molecule has 2 aromatic carbocycles. The van der Waals surface area contributed by atoms with Crippen molar-refractivity contribution < 1.29 is 22.0 Å². The molecule has 27 heavy (non-hydrogen) atoms. The summed E-state index contributed by atoms with van der Waals surface area (Å²) in [6, 6.07) is 8.98. The molecule has 1 heterocycles. The number of sulfone groups is 1. The molecule has 0 saturated carbocycles. The lowest BCUT2D eigenvalue weighted by molar-refractivity contribution is 0.0924. The van der Waals surface area contributed by atoms with Gasteiger partial charge in [-0.05, 0) is 43.3 Å². The van der Waals surface area contributed by atoms with Crippen LogP contribution < -0.4 is 5.32 Å². The lowest BCUT2D eigenvalue weighted by Gasteiger charge is -2.26. The van der Waals surface area contributed by atoms with E-state index in [-0.39, 0.29) is 22.5 Å². The van der Waals surface area contributed by atoms with Crippen molar-refractivity contribution in [1.29, 1.82) is 0 Å². The van der Waals surface area contributed by atoms with Gasteiger partial charge in [0.1, 0.15) is 0 Å². The summed E-state index contributed by atoms with van der Waals surface area (Å²) in [5.41, 5.74) is 0.620. The third-order valence-corrected chi connectivity index (χ3v) is 5.94. The standard InChI is InChI=1S/C19H20F2N2O3S/c1-23-10-9-16(18(23)12-7-8-14(20)15(21)11-12)22-19(24)13-5-3-4-6-17(13)27(2,25)26/h3-8,11,16,18H,9-10H2,1-2H3,(H,22,24)/t16-,18-/m0/s1. The Morgan fingerprint density at radius 2 is 1.85 bits per heavy atom. The third kappa shape index (κ3) is 4.01. The summed E-state index contributed by atoms with van der Waals surface area (Å²) in [6.45, 7) is 0.655. The predicted molar refractivity (Wildman–Crippen MR) is 97.2 cm³/mol. The van der Waals surface area contributed by atoms with Crippen LogP contribution in [0.2, 0.25) is 0 Å². The number of rotatable bonds is 4. The fourth-order valence-electron chi connectivity index (χ4n) is 3.50. The number of amides is 1. The number of carbonyl (C=O) groups is 1. The van der Waals surface area contributed by atoms with E-state index in [1.165, 1.54) is 18.2 Å². The minimum atomic E-state index is -3.56. The van der Waals surface area contributed by atoms with Crippen molar-refractivity contribution in [2.45, 2.75) is 23.4 Å². The Labute approximate surface area is 156 Å². The van der Waals surface area contributed by atoms with Gasteiger partial charge in [-0.25, -0.2) is 17.2 Å². The summed E-state index contributed by atoms with van der Waals surface area (Å²) < 4.78 is 50.8. The van der Waals surface area contributed by atoms with Crippen LogP contribution in [-0.4, -0.2) is 45.1 Å². The topological polar surface area (TPSA) is 66.5 Å². The monoisotopic (exact) mass is 394 g/mol. The largest absolute Gasteiger partial charge is 0.347 e. The second-order valence-electron chi connectivity index (χ2n) is 6.74. The molecule has 0 bridgehead atoms. The molecule has 0 aromatic heterocycles. The SMILES string of the molecule is CN1CC[C@H](NC(=O)c2ccccc2S(C)(=O)=O)[C@@H]1c1ccc(F)c(F)c1. The molecule has 5 nitrogen and oxygen atoms in total. The average molecular weight is 394 g/mol. The molecule has 2 atom stereocenters. The van der Waals surface area contributed by atoms with Gasteiger partial charge >= 0.3 is 0 Å². The van der Waals surface area contributed by atoms with E-state index in [0.717, 1.165) is 18.4 Å². The van der Waals surface area contributed by atoms with Gasteiger partial charge in [-0.3, -0.25) is 9.69 Å². The number of benzene rings is 2. The average Bonchev–Trinajstić information content (AvgIpc) is 2.97. The molecule has 1 fully saturated rings. The molecule has 1 amide bonds. The Hall–Kier alpha value is -2.32. The lowest BCUT2D eigenvalue weighted by atomic mass is 9.99. The van der Waals surface area contributed by atoms with Crippen LogP contribution in [0.5, 0.6) is 0 Å². The second-order valence-corrected chi connectivity index (χ2v) is 8.72. The molecule has 1 N–H and O–H groups in total. The van der Waals surface area contributed by atoms with Crippen LogP contribution in [0, 0.1) is 11.6 Å². The van der Waals surface area contributed by atoms with Crippen molar-refractivity contribution in [2.75, 3.05) is 19.8 Å². The second kappa shape index (κ2) is 7.36. The van der Waals surface area contributed by atoms with E-state index in [1.807, 2.05) is 11.9 Å². The van der Waals surface area contributed by atoms with Gasteiger partial charge in [0.25, 0.3) is 5.91 Å². The van der Waals surface area contributed by atoms with Crippen LogP contribution in [0.25, 0.3) is 0 Å². The fourth-order valence-corrected chi connectivity index (χ4v) is 4.39. The maximum absolute atomic E-state index is 13.7. The quantitative estimate of drug-likeness (QED) is 0.866. The van der Waals surface area contributed by atoms with Crippen LogP contribution in [0.4, 0.5) is 8.78 Å². The highest BCUT2D eigenvalue weighted by molar-refractivity contribution is 7.90. The number of halogens is 2. The summed E-state index contributed by atoms with van der Waals surface area (Å²) in [6.07, 6.45) is 1.65. The minimum absolute atomic E-state index is 0.0433. The van der Waals surface area contributed by atoms with Gasteiger partial charge in [-0.15, -0.1) is 0 Å². The Morgan fingerprint density at radius 1 is 1.15 bits per heavy atom. The third-order valence-electron chi connectivity index (χ3n) is 4.78. The number of likely N-dealkylation sites (N-methyl/N-ethyl adjacent to an activating group) is 1. The molecule has 144 valence electrons. The molecule has 0 unspecified atom stereocenters. The molecule has 1 aliphatic heterocycles. The number of nitrogens with one attached hydrogen (secondary N) is 1. The van der Waals surface area contributed by atoms with E-state index in [4.69, 9.17) is 0 Å². The lowest BCUT2D eigenvalue weighted by Crippen LogP contribution is -2.39. The highest BCUT2D eigenvalue weighted by Gasteiger charge is 2.35. The Kier molecular flexibility index (Phi) is 5.30. The normalized spacial score (nSPS) is 20.6. The Bertz CT molecular complexity index is 979. The van der Waals surface area contributed by atoms with Crippen LogP contribution in [0.15, 0.2) is 47.4 Å². The Morgan fingerprint density at radius 3 is 2.52 bits per heavy atom. The maximum atomic E-state index is 13.7. The van der Waals surface area contributed by atoms with Crippen molar-refractivity contribution in [3.8, 4) is 0 Å². The van der Waals surface area contributed by atoms with Gasteiger partial charge in [0.05, 0.1) is 22.5 Å². The zero-order chi connectivity index (χ0) is 19.8. The van der Waals surface area contributed by atoms with Crippen molar-refractivity contribution in [3.05, 3.63) is 65.2 Å². The number of hydrogen-bond acceptors (Lipinski definition) is 4. The first-order valence-electron chi connectivity index (χ1n) is 8.43. The maximum Gasteiger partial charge on any atom is 0.252 e. The molecule has 1 aliphatic rings. The van der Waals surface area contributed by atoms with Crippen LogP contribution in [0.3, 0.4) is 0 Å². The number of nitrogens with zero attached hydrogens (tertiary/aromatic N) is 1. The van der Waals surface area contributed by atoms with E-state index in [9.17, 15) is 22.0 Å². The van der Waals surface area contributed by atoms with Gasteiger partial charge in [-0.2, -0.15) is 0 Å².